The van der Waals surface area contributed by atoms with E-state index in [-0.39, 0.29) is 6.29 Å². The molecule has 0 unspecified atom stereocenters. The third kappa shape index (κ3) is 6.65. The SMILES string of the molecule is [Li][C](=C)CC(OCC)OCC. The van der Waals surface area contributed by atoms with E-state index in [1.807, 2.05) is 31.6 Å². The zero-order valence-electron chi connectivity index (χ0n) is 7.72. The summed E-state index contributed by atoms with van der Waals surface area (Å²) in [5.41, 5.74) is 0. The molecular weight excluding hydrogens is 135 g/mol. The van der Waals surface area contributed by atoms with E-state index in [0.717, 1.165) is 10.7 Å². The summed E-state index contributed by atoms with van der Waals surface area (Å²) in [5.74, 6) is 0. The summed E-state index contributed by atoms with van der Waals surface area (Å²) in [4.78, 5) is 0. The second-order valence-corrected chi connectivity index (χ2v) is 2.50. The normalized spacial score (nSPS) is 10.6. The van der Waals surface area contributed by atoms with Gasteiger partial charge >= 0.3 is 77.8 Å². The van der Waals surface area contributed by atoms with E-state index in [0.29, 0.717) is 13.2 Å². The topological polar surface area (TPSA) is 18.5 Å². The van der Waals surface area contributed by atoms with Crippen LogP contribution in [0.15, 0.2) is 10.8 Å². The van der Waals surface area contributed by atoms with Gasteiger partial charge in [0.15, 0.2) is 0 Å². The minimum absolute atomic E-state index is 0.0949. The quantitative estimate of drug-likeness (QED) is 0.421. The predicted molar refractivity (Wildman–Crippen MR) is 46.6 cm³/mol. The molecule has 0 amide bonds. The maximum absolute atomic E-state index is 5.31. The summed E-state index contributed by atoms with van der Waals surface area (Å²) in [6, 6.07) is 0. The fraction of sp³-hybridized carbons (Fsp3) is 0.750. The Balaban J connectivity index is 3.59. The van der Waals surface area contributed by atoms with Gasteiger partial charge in [-0.1, -0.05) is 0 Å². The molecule has 11 heavy (non-hydrogen) atoms. The van der Waals surface area contributed by atoms with Crippen molar-refractivity contribution in [3.05, 3.63) is 10.8 Å². The van der Waals surface area contributed by atoms with E-state index in [9.17, 15) is 0 Å². The van der Waals surface area contributed by atoms with Crippen molar-refractivity contribution in [2.45, 2.75) is 26.6 Å². The van der Waals surface area contributed by atoms with Gasteiger partial charge in [0, 0.05) is 0 Å². The van der Waals surface area contributed by atoms with Crippen LogP contribution in [0.1, 0.15) is 20.3 Å². The number of ether oxygens (including phenoxy) is 2. The van der Waals surface area contributed by atoms with Gasteiger partial charge in [-0.3, -0.25) is 0 Å². The van der Waals surface area contributed by atoms with Crippen LogP contribution in [0.3, 0.4) is 0 Å². The van der Waals surface area contributed by atoms with E-state index < -0.39 is 0 Å². The molecule has 0 fully saturated rings. The first kappa shape index (κ1) is 11.3. The van der Waals surface area contributed by atoms with Crippen LogP contribution >= 0.6 is 0 Å². The van der Waals surface area contributed by atoms with Gasteiger partial charge in [-0.2, -0.15) is 0 Å². The Hall–Kier alpha value is 0.257. The second kappa shape index (κ2) is 6.94. The molecule has 0 atom stereocenters. The van der Waals surface area contributed by atoms with Crippen molar-refractivity contribution in [1.82, 2.24) is 0 Å². The van der Waals surface area contributed by atoms with Crippen molar-refractivity contribution >= 4 is 17.7 Å². The van der Waals surface area contributed by atoms with Crippen molar-refractivity contribution in [3.63, 3.8) is 0 Å². The van der Waals surface area contributed by atoms with E-state index in [4.69, 9.17) is 9.47 Å². The van der Waals surface area contributed by atoms with Crippen molar-refractivity contribution in [2.75, 3.05) is 13.2 Å². The van der Waals surface area contributed by atoms with Gasteiger partial charge < -0.3 is 0 Å². The molecule has 0 aliphatic carbocycles. The van der Waals surface area contributed by atoms with Crippen LogP contribution < -0.4 is 0 Å². The summed E-state index contributed by atoms with van der Waals surface area (Å²) in [6.45, 7) is 9.11. The minimum atomic E-state index is -0.0949. The van der Waals surface area contributed by atoms with E-state index in [1.54, 1.807) is 0 Å². The average molecular weight is 150 g/mol. The molecule has 60 valence electrons. The fourth-order valence-electron chi connectivity index (χ4n) is 0.822. The Labute approximate surface area is 78.2 Å². The zero-order valence-corrected chi connectivity index (χ0v) is 7.72. The van der Waals surface area contributed by atoms with Crippen molar-refractivity contribution in [2.24, 2.45) is 0 Å². The summed E-state index contributed by atoms with van der Waals surface area (Å²) < 4.78 is 11.7. The van der Waals surface area contributed by atoms with Gasteiger partial charge in [-0.15, -0.1) is 0 Å². The Morgan fingerprint density at radius 2 is 1.82 bits per heavy atom. The van der Waals surface area contributed by atoms with Gasteiger partial charge in [-0.05, 0) is 0 Å². The molecule has 0 aliphatic heterocycles. The monoisotopic (exact) mass is 150 g/mol. The molecule has 0 aliphatic rings. The van der Waals surface area contributed by atoms with E-state index >= 15 is 0 Å². The van der Waals surface area contributed by atoms with Crippen LogP contribution in [-0.2, 0) is 9.47 Å². The first-order valence-corrected chi connectivity index (χ1v) is 4.08. The third-order valence-corrected chi connectivity index (χ3v) is 1.22. The Morgan fingerprint density at radius 1 is 1.36 bits per heavy atom. The van der Waals surface area contributed by atoms with Gasteiger partial charge in [0.05, 0.1) is 0 Å². The molecule has 0 aromatic carbocycles. The summed E-state index contributed by atoms with van der Waals surface area (Å²) >= 11 is 1.98. The van der Waals surface area contributed by atoms with Crippen molar-refractivity contribution in [1.29, 1.82) is 0 Å². The van der Waals surface area contributed by atoms with Gasteiger partial charge in [-0.25, -0.2) is 0 Å². The molecule has 0 saturated carbocycles. The molecular formula is C8H15LiO2. The summed E-state index contributed by atoms with van der Waals surface area (Å²) in [5, 5.41) is 0. The molecule has 0 rings (SSSR count). The Kier molecular flexibility index (Phi) is 7.10. The van der Waals surface area contributed by atoms with E-state index in [2.05, 4.69) is 6.58 Å². The third-order valence-electron chi connectivity index (χ3n) is 1.22. The molecule has 0 saturated heterocycles. The molecule has 0 aromatic heterocycles. The van der Waals surface area contributed by atoms with Crippen molar-refractivity contribution in [3.8, 4) is 0 Å². The van der Waals surface area contributed by atoms with Crippen molar-refractivity contribution < 1.29 is 9.47 Å². The van der Waals surface area contributed by atoms with Gasteiger partial charge in [0.2, 0.25) is 0 Å². The predicted octanol–water partition coefficient (Wildman–Crippen LogP) is 1.46. The molecule has 0 bridgehead atoms. The van der Waals surface area contributed by atoms with Gasteiger partial charge in [0.25, 0.3) is 0 Å². The first-order chi connectivity index (χ1) is 5.20. The number of rotatable bonds is 6. The van der Waals surface area contributed by atoms with Crippen LogP contribution in [0.25, 0.3) is 0 Å². The number of hydrogen-bond acceptors (Lipinski definition) is 2. The summed E-state index contributed by atoms with van der Waals surface area (Å²) in [6.07, 6.45) is 0.698. The van der Waals surface area contributed by atoms with Crippen LogP contribution in [0, 0.1) is 0 Å². The van der Waals surface area contributed by atoms with Crippen LogP contribution in [0.4, 0.5) is 0 Å². The molecule has 2 nitrogen and oxygen atoms in total. The zero-order chi connectivity index (χ0) is 8.69. The molecule has 0 spiro atoms. The Morgan fingerprint density at radius 3 is 2.09 bits per heavy atom. The molecule has 0 heterocycles. The molecule has 3 heteroatoms. The molecule has 0 radical (unpaired) electrons. The summed E-state index contributed by atoms with van der Waals surface area (Å²) in [7, 11) is 0. The second-order valence-electron chi connectivity index (χ2n) is 2.50. The average Bonchev–Trinajstić information content (AvgIpc) is 1.87. The standard InChI is InChI=1S/C8H15O2.Li/c1-4-7-8(9-5-2)10-6-3;/h8H,1,5-7H2,2-3H3;. The maximum atomic E-state index is 5.31. The van der Waals surface area contributed by atoms with Gasteiger partial charge in [0.1, 0.15) is 0 Å². The first-order valence-electron chi connectivity index (χ1n) is 4.08. The number of hydrogen-bond donors (Lipinski definition) is 0. The van der Waals surface area contributed by atoms with Crippen LogP contribution in [-0.4, -0.2) is 37.2 Å². The van der Waals surface area contributed by atoms with E-state index in [1.165, 1.54) is 0 Å². The molecule has 0 aromatic rings. The Bertz CT molecular complexity index is 109. The molecule has 0 N–H and O–H groups in total. The van der Waals surface area contributed by atoms with Crippen LogP contribution in [0.2, 0.25) is 0 Å². The van der Waals surface area contributed by atoms with Crippen LogP contribution in [0.5, 0.6) is 0 Å². The fourth-order valence-corrected chi connectivity index (χ4v) is 0.822.